The zero-order valence-electron chi connectivity index (χ0n) is 28.2. The molecule has 4 aliphatic heterocycles. The average molecular weight is 656 g/mol. The second-order valence-electron chi connectivity index (χ2n) is 14.0. The molecule has 2 atom stereocenters. The summed E-state index contributed by atoms with van der Waals surface area (Å²) in [4.78, 5) is 49.6. The second-order valence-corrected chi connectivity index (χ2v) is 14.0. The molecule has 0 aliphatic carbocycles. The van der Waals surface area contributed by atoms with E-state index in [0.717, 1.165) is 78.7 Å². The third kappa shape index (κ3) is 6.73. The second kappa shape index (κ2) is 14.1. The lowest BCUT2D eigenvalue weighted by atomic mass is 9.89. The van der Waals surface area contributed by atoms with Crippen molar-refractivity contribution in [2.45, 2.75) is 70.0 Å². The molecule has 4 aliphatic rings. The number of likely N-dealkylation sites (tertiary alicyclic amines) is 2. The van der Waals surface area contributed by atoms with Crippen molar-refractivity contribution in [3.8, 4) is 0 Å². The minimum atomic E-state index is -0.704. The zero-order valence-corrected chi connectivity index (χ0v) is 28.2. The first kappa shape index (κ1) is 32.4. The Morgan fingerprint density at radius 1 is 0.917 bits per heavy atom. The van der Waals surface area contributed by atoms with Crippen molar-refractivity contribution in [1.82, 2.24) is 40.4 Å². The third-order valence-electron chi connectivity index (χ3n) is 11.1. The summed E-state index contributed by atoms with van der Waals surface area (Å²) in [5.74, 6) is -0.263. The van der Waals surface area contributed by atoms with E-state index < -0.39 is 6.04 Å². The highest BCUT2D eigenvalue weighted by Crippen LogP contribution is 2.29. The maximum absolute atomic E-state index is 14.3. The highest BCUT2D eigenvalue weighted by atomic mass is 16.2. The first-order valence-electron chi connectivity index (χ1n) is 17.7. The van der Waals surface area contributed by atoms with E-state index in [1.54, 1.807) is 0 Å². The van der Waals surface area contributed by atoms with Gasteiger partial charge in [0.25, 0.3) is 0 Å². The van der Waals surface area contributed by atoms with Crippen LogP contribution in [-0.2, 0) is 11.2 Å². The van der Waals surface area contributed by atoms with Gasteiger partial charge >= 0.3 is 12.1 Å². The Bertz CT molecular complexity index is 1620. The molecule has 0 saturated carbocycles. The predicted molar refractivity (Wildman–Crippen MR) is 186 cm³/mol. The van der Waals surface area contributed by atoms with Crippen molar-refractivity contribution < 1.29 is 14.4 Å². The van der Waals surface area contributed by atoms with Crippen LogP contribution in [0, 0.1) is 6.92 Å². The van der Waals surface area contributed by atoms with Gasteiger partial charge in [0.1, 0.15) is 6.04 Å². The molecule has 0 radical (unpaired) electrons. The number of aromatic nitrogens is 2. The summed E-state index contributed by atoms with van der Waals surface area (Å²) in [6.45, 7) is 11.3. The monoisotopic (exact) mass is 655 g/mol. The fourth-order valence-corrected chi connectivity index (χ4v) is 8.16. The van der Waals surface area contributed by atoms with Crippen LogP contribution in [0.5, 0.6) is 0 Å². The number of amides is 5. The molecule has 3 saturated heterocycles. The Morgan fingerprint density at radius 2 is 1.62 bits per heavy atom. The molecule has 1 aromatic heterocycles. The molecular weight excluding hydrogens is 606 g/mol. The third-order valence-corrected chi connectivity index (χ3v) is 11.1. The Labute approximate surface area is 282 Å². The molecular formula is C36H49N9O3. The number of nitrogens with zero attached hydrogens (tertiary/aromatic N) is 5. The fourth-order valence-electron chi connectivity index (χ4n) is 8.16. The summed E-state index contributed by atoms with van der Waals surface area (Å²) in [5, 5.41) is 18.0. The van der Waals surface area contributed by atoms with Crippen LogP contribution in [0.3, 0.4) is 0 Å². The number of para-hydroxylation sites is 1. The molecule has 3 aromatic rings. The summed E-state index contributed by atoms with van der Waals surface area (Å²) in [6, 6.07) is 11.7. The number of aromatic amines is 1. The molecule has 5 heterocycles. The van der Waals surface area contributed by atoms with Crippen LogP contribution in [-0.4, -0.2) is 125 Å². The summed E-state index contributed by atoms with van der Waals surface area (Å²) in [5.41, 5.74) is 5.07. The van der Waals surface area contributed by atoms with E-state index in [0.29, 0.717) is 51.6 Å². The quantitative estimate of drug-likeness (QED) is 0.322. The fraction of sp³-hybridized carbons (Fsp3) is 0.556. The van der Waals surface area contributed by atoms with E-state index in [1.807, 2.05) is 52.9 Å². The Morgan fingerprint density at radius 3 is 2.40 bits per heavy atom. The number of carbonyl (C=O) groups is 3. The van der Waals surface area contributed by atoms with Crippen LogP contribution < -0.4 is 16.0 Å². The minimum Gasteiger partial charge on any atom is -0.341 e. The molecule has 5 amide bonds. The minimum absolute atomic E-state index is 0.0183. The van der Waals surface area contributed by atoms with Gasteiger partial charge in [-0.3, -0.25) is 14.8 Å². The highest BCUT2D eigenvalue weighted by Gasteiger charge is 2.37. The maximum Gasteiger partial charge on any atom is 0.322 e. The predicted octanol–water partition coefficient (Wildman–Crippen LogP) is 3.50. The standard InChI is InChI=1S/C36H49N9O3/c1-24-21-27(22-28-23-38-41-32(24)28)25(2)33(34(46)43-14-8-29(9-15-43)42-19-12-37-13-20-42)40-35(47)44-16-10-30(11-17-44)45-18-7-26-5-3-4-6-31(26)39-36(45)48/h3-6,21-23,25,29-30,33,37H,7-20H2,1-2H3,(H,38,41)(H,39,48)(H,40,47). The number of fused-ring (bicyclic) bond motifs is 2. The molecule has 48 heavy (non-hydrogen) atoms. The van der Waals surface area contributed by atoms with Crippen molar-refractivity contribution in [3.05, 3.63) is 59.3 Å². The maximum atomic E-state index is 14.3. The lowest BCUT2D eigenvalue weighted by Crippen LogP contribution is -2.58. The number of piperazine rings is 1. The number of hydrogen-bond donors (Lipinski definition) is 4. The Kier molecular flexibility index (Phi) is 9.54. The van der Waals surface area contributed by atoms with Crippen molar-refractivity contribution in [1.29, 1.82) is 0 Å². The number of benzene rings is 2. The van der Waals surface area contributed by atoms with Crippen LogP contribution in [0.4, 0.5) is 15.3 Å². The lowest BCUT2D eigenvalue weighted by Gasteiger charge is -2.42. The van der Waals surface area contributed by atoms with Gasteiger partial charge in [0.15, 0.2) is 0 Å². The molecule has 12 heteroatoms. The average Bonchev–Trinajstić information content (AvgIpc) is 3.54. The summed E-state index contributed by atoms with van der Waals surface area (Å²) < 4.78 is 0. The number of H-pyrrole nitrogens is 1. The van der Waals surface area contributed by atoms with Crippen LogP contribution in [0.2, 0.25) is 0 Å². The van der Waals surface area contributed by atoms with Crippen molar-refractivity contribution >= 4 is 34.6 Å². The molecule has 4 N–H and O–H groups in total. The normalized spacial score (nSPS) is 21.4. The summed E-state index contributed by atoms with van der Waals surface area (Å²) in [6.07, 6.45) is 5.89. The van der Waals surface area contributed by atoms with Gasteiger partial charge in [-0.1, -0.05) is 31.2 Å². The lowest BCUT2D eigenvalue weighted by molar-refractivity contribution is -0.135. The number of carbonyl (C=O) groups excluding carboxylic acids is 3. The van der Waals surface area contributed by atoms with E-state index in [2.05, 4.69) is 49.2 Å². The summed E-state index contributed by atoms with van der Waals surface area (Å²) in [7, 11) is 0. The first-order valence-corrected chi connectivity index (χ1v) is 17.7. The Balaban J connectivity index is 1.02. The van der Waals surface area contributed by atoms with E-state index >= 15 is 0 Å². The molecule has 256 valence electrons. The van der Waals surface area contributed by atoms with Gasteiger partial charge in [-0.25, -0.2) is 9.59 Å². The van der Waals surface area contributed by atoms with Gasteiger partial charge in [0.2, 0.25) is 5.91 Å². The van der Waals surface area contributed by atoms with Crippen molar-refractivity contribution in [2.24, 2.45) is 0 Å². The van der Waals surface area contributed by atoms with Crippen molar-refractivity contribution in [2.75, 3.05) is 64.2 Å². The number of aryl methyl sites for hydroxylation is 1. The van der Waals surface area contributed by atoms with Crippen LogP contribution in [0.25, 0.3) is 10.9 Å². The van der Waals surface area contributed by atoms with E-state index in [4.69, 9.17) is 0 Å². The van der Waals surface area contributed by atoms with Crippen LogP contribution >= 0.6 is 0 Å². The molecule has 0 spiro atoms. The van der Waals surface area contributed by atoms with Gasteiger partial charge in [-0.15, -0.1) is 0 Å². The number of piperidine rings is 2. The van der Waals surface area contributed by atoms with E-state index in [-0.39, 0.29) is 29.9 Å². The molecule has 3 fully saturated rings. The Hall–Kier alpha value is -4.16. The number of urea groups is 2. The molecule has 2 aromatic carbocycles. The number of nitrogens with one attached hydrogen (secondary N) is 4. The number of rotatable bonds is 6. The van der Waals surface area contributed by atoms with Gasteiger partial charge < -0.3 is 30.7 Å². The van der Waals surface area contributed by atoms with Gasteiger partial charge in [0.05, 0.1) is 11.7 Å². The van der Waals surface area contributed by atoms with Gasteiger partial charge in [-0.2, -0.15) is 5.10 Å². The van der Waals surface area contributed by atoms with Gasteiger partial charge in [0, 0.05) is 88.0 Å². The first-order chi connectivity index (χ1) is 23.4. The van der Waals surface area contributed by atoms with Crippen LogP contribution in [0.15, 0.2) is 42.6 Å². The molecule has 0 bridgehead atoms. The molecule has 12 nitrogen and oxygen atoms in total. The smallest absolute Gasteiger partial charge is 0.322 e. The van der Waals surface area contributed by atoms with Crippen LogP contribution in [0.1, 0.15) is 55.2 Å². The number of anilines is 1. The van der Waals surface area contributed by atoms with E-state index in [9.17, 15) is 14.4 Å². The molecule has 7 rings (SSSR count). The highest BCUT2D eigenvalue weighted by molar-refractivity contribution is 5.91. The topological polar surface area (TPSA) is 129 Å². The zero-order chi connectivity index (χ0) is 33.2. The molecule has 2 unspecified atom stereocenters. The van der Waals surface area contributed by atoms with Gasteiger partial charge in [-0.05, 0) is 67.9 Å². The largest absolute Gasteiger partial charge is 0.341 e. The van der Waals surface area contributed by atoms with Crippen molar-refractivity contribution in [3.63, 3.8) is 0 Å². The SMILES string of the molecule is Cc1cc(C(C)C(NC(=O)N2CCC(N3CCc4ccccc4NC3=O)CC2)C(=O)N2CCC(N3CCNCC3)CC2)cc2cn[nH]c12. The summed E-state index contributed by atoms with van der Waals surface area (Å²) >= 11 is 0. The van der Waals surface area contributed by atoms with E-state index in [1.165, 1.54) is 0 Å². The number of hydrogen-bond acceptors (Lipinski definition) is 6.